The molecule has 4 fully saturated rings. The van der Waals surface area contributed by atoms with Gasteiger partial charge in [0, 0.05) is 6.04 Å². The highest BCUT2D eigenvalue weighted by molar-refractivity contribution is 5.79. The van der Waals surface area contributed by atoms with E-state index < -0.39 is 0 Å². The van der Waals surface area contributed by atoms with Gasteiger partial charge >= 0.3 is 0 Å². The number of amides is 1. The van der Waals surface area contributed by atoms with Crippen LogP contribution in [0.15, 0.2) is 54.6 Å². The van der Waals surface area contributed by atoms with Crippen LogP contribution in [0.5, 0.6) is 0 Å². The molecule has 0 heterocycles. The molecule has 0 aliphatic heterocycles. The number of hydrogen-bond acceptors (Lipinski definition) is 1. The molecular formula is C26H31NO. The number of hydrogen-bond donors (Lipinski definition) is 1. The van der Waals surface area contributed by atoms with Crippen LogP contribution < -0.4 is 5.32 Å². The Labute approximate surface area is 168 Å². The third-order valence-corrected chi connectivity index (χ3v) is 7.81. The van der Waals surface area contributed by atoms with Gasteiger partial charge in [-0.3, -0.25) is 4.79 Å². The third kappa shape index (κ3) is 3.38. The summed E-state index contributed by atoms with van der Waals surface area (Å²) in [6.07, 6.45) is 8.85. The van der Waals surface area contributed by atoms with Crippen LogP contribution in [0.2, 0.25) is 0 Å². The summed E-state index contributed by atoms with van der Waals surface area (Å²) in [5.74, 6) is 2.96. The quantitative estimate of drug-likeness (QED) is 0.724. The van der Waals surface area contributed by atoms with Crippen molar-refractivity contribution in [3.05, 3.63) is 60.2 Å². The zero-order valence-corrected chi connectivity index (χ0v) is 16.9. The molecule has 0 spiro atoms. The van der Waals surface area contributed by atoms with E-state index in [0.29, 0.717) is 17.9 Å². The Kier molecular flexibility index (Phi) is 4.53. The molecule has 146 valence electrons. The first-order valence-corrected chi connectivity index (χ1v) is 11.0. The molecule has 2 aromatic carbocycles. The van der Waals surface area contributed by atoms with Gasteiger partial charge < -0.3 is 5.32 Å². The van der Waals surface area contributed by atoms with Crippen molar-refractivity contribution in [2.75, 3.05) is 0 Å². The first-order valence-electron chi connectivity index (χ1n) is 11.0. The minimum Gasteiger partial charge on any atom is -0.353 e. The van der Waals surface area contributed by atoms with Gasteiger partial charge in [-0.25, -0.2) is 0 Å². The zero-order valence-electron chi connectivity index (χ0n) is 16.9. The van der Waals surface area contributed by atoms with Gasteiger partial charge in [0.2, 0.25) is 5.91 Å². The number of carbonyl (C=O) groups is 1. The number of carbonyl (C=O) groups excluding carboxylic acids is 1. The van der Waals surface area contributed by atoms with Crippen molar-refractivity contribution in [2.24, 2.45) is 23.2 Å². The van der Waals surface area contributed by atoms with E-state index in [1.165, 1.54) is 49.7 Å². The molecule has 4 aliphatic carbocycles. The Hall–Kier alpha value is -2.09. The van der Waals surface area contributed by atoms with E-state index in [4.69, 9.17) is 0 Å². The van der Waals surface area contributed by atoms with Gasteiger partial charge in [-0.15, -0.1) is 0 Å². The van der Waals surface area contributed by atoms with Crippen molar-refractivity contribution in [3.8, 4) is 11.1 Å². The highest BCUT2D eigenvalue weighted by Crippen LogP contribution is 2.61. The molecule has 4 bridgehead atoms. The largest absolute Gasteiger partial charge is 0.353 e. The molecule has 0 radical (unpaired) electrons. The van der Waals surface area contributed by atoms with E-state index in [1.807, 2.05) is 6.07 Å². The van der Waals surface area contributed by atoms with Crippen LogP contribution in [0, 0.1) is 23.2 Å². The lowest BCUT2D eigenvalue weighted by atomic mass is 9.48. The van der Waals surface area contributed by atoms with E-state index in [0.717, 1.165) is 23.3 Å². The fraction of sp³-hybridized carbons (Fsp3) is 0.500. The van der Waals surface area contributed by atoms with Gasteiger partial charge in [-0.1, -0.05) is 54.6 Å². The second-order valence-corrected chi connectivity index (χ2v) is 9.81. The summed E-state index contributed by atoms with van der Waals surface area (Å²) < 4.78 is 0. The minimum atomic E-state index is 0.177. The smallest absolute Gasteiger partial charge is 0.224 e. The summed E-state index contributed by atoms with van der Waals surface area (Å²) in [6.45, 7) is 2.27. The van der Waals surface area contributed by atoms with Crippen LogP contribution in [0.25, 0.3) is 11.1 Å². The fourth-order valence-corrected chi connectivity index (χ4v) is 6.78. The van der Waals surface area contributed by atoms with Gasteiger partial charge in [0.15, 0.2) is 0 Å². The summed E-state index contributed by atoms with van der Waals surface area (Å²) in [5.41, 5.74) is 3.89. The van der Waals surface area contributed by atoms with E-state index in [2.05, 4.69) is 60.8 Å². The summed E-state index contributed by atoms with van der Waals surface area (Å²) in [4.78, 5) is 12.8. The average molecular weight is 374 g/mol. The Bertz CT molecular complexity index is 803. The summed E-state index contributed by atoms with van der Waals surface area (Å²) in [6, 6.07) is 19.1. The maximum atomic E-state index is 12.8. The van der Waals surface area contributed by atoms with Crippen LogP contribution in [0.1, 0.15) is 51.0 Å². The van der Waals surface area contributed by atoms with Crippen molar-refractivity contribution in [1.82, 2.24) is 5.32 Å². The summed E-state index contributed by atoms with van der Waals surface area (Å²) in [5, 5.41) is 3.39. The van der Waals surface area contributed by atoms with Crippen LogP contribution in [0.3, 0.4) is 0 Å². The average Bonchev–Trinajstić information content (AvgIpc) is 2.68. The standard InChI is InChI=1S/C26H31NO/c1-18(26-15-20-11-21(16-26)13-22(12-20)17-26)27-25(28)14-19-7-9-24(10-8-19)23-5-3-2-4-6-23/h2-10,18,20-22H,11-17H2,1H3,(H,27,28). The lowest BCUT2D eigenvalue weighted by Crippen LogP contribution is -2.56. The van der Waals surface area contributed by atoms with E-state index in [9.17, 15) is 4.79 Å². The van der Waals surface area contributed by atoms with Crippen molar-refractivity contribution in [1.29, 1.82) is 0 Å². The van der Waals surface area contributed by atoms with E-state index >= 15 is 0 Å². The first-order chi connectivity index (χ1) is 13.6. The molecule has 28 heavy (non-hydrogen) atoms. The lowest BCUT2D eigenvalue weighted by molar-refractivity contribution is -0.125. The van der Waals surface area contributed by atoms with Gasteiger partial charge in [-0.2, -0.15) is 0 Å². The normalized spacial score (nSPS) is 31.5. The molecule has 4 saturated carbocycles. The molecule has 1 N–H and O–H groups in total. The number of rotatable bonds is 5. The Balaban J connectivity index is 1.22. The maximum Gasteiger partial charge on any atom is 0.224 e. The van der Waals surface area contributed by atoms with Gasteiger partial charge in [-0.05, 0) is 85.3 Å². The first kappa shape index (κ1) is 18.0. The van der Waals surface area contributed by atoms with E-state index in [1.54, 1.807) is 0 Å². The van der Waals surface area contributed by atoms with Crippen LogP contribution in [0.4, 0.5) is 0 Å². The number of benzene rings is 2. The van der Waals surface area contributed by atoms with Crippen molar-refractivity contribution in [2.45, 2.75) is 57.9 Å². The highest BCUT2D eigenvalue weighted by atomic mass is 16.1. The molecule has 1 unspecified atom stereocenters. The second-order valence-electron chi connectivity index (χ2n) is 9.81. The van der Waals surface area contributed by atoms with Crippen LogP contribution in [-0.4, -0.2) is 11.9 Å². The van der Waals surface area contributed by atoms with Crippen molar-refractivity contribution < 1.29 is 4.79 Å². The number of nitrogens with one attached hydrogen (secondary N) is 1. The molecule has 2 heteroatoms. The molecule has 4 aliphatic rings. The molecule has 2 nitrogen and oxygen atoms in total. The predicted molar refractivity (Wildman–Crippen MR) is 114 cm³/mol. The van der Waals surface area contributed by atoms with Gasteiger partial charge in [0.05, 0.1) is 6.42 Å². The fourth-order valence-electron chi connectivity index (χ4n) is 6.78. The molecule has 0 aromatic heterocycles. The predicted octanol–water partition coefficient (Wildman–Crippen LogP) is 5.62. The molecule has 0 saturated heterocycles. The third-order valence-electron chi connectivity index (χ3n) is 7.81. The monoisotopic (exact) mass is 373 g/mol. The maximum absolute atomic E-state index is 12.8. The van der Waals surface area contributed by atoms with E-state index in [-0.39, 0.29) is 5.91 Å². The highest BCUT2D eigenvalue weighted by Gasteiger charge is 2.53. The molecule has 2 aromatic rings. The van der Waals surface area contributed by atoms with Crippen molar-refractivity contribution in [3.63, 3.8) is 0 Å². The summed E-state index contributed by atoms with van der Waals surface area (Å²) >= 11 is 0. The zero-order chi connectivity index (χ0) is 19.1. The molecule has 1 amide bonds. The van der Waals surface area contributed by atoms with Crippen LogP contribution >= 0.6 is 0 Å². The molecule has 1 atom stereocenters. The lowest BCUT2D eigenvalue weighted by Gasteiger charge is -2.59. The van der Waals surface area contributed by atoms with Crippen LogP contribution in [-0.2, 0) is 11.2 Å². The SMILES string of the molecule is CC(NC(=O)Cc1ccc(-c2ccccc2)cc1)C12CC3CC(CC(C3)C1)C2. The topological polar surface area (TPSA) is 29.1 Å². The Morgan fingerprint density at radius 2 is 1.43 bits per heavy atom. The molecular weight excluding hydrogens is 342 g/mol. The molecule has 6 rings (SSSR count). The van der Waals surface area contributed by atoms with Gasteiger partial charge in [0.1, 0.15) is 0 Å². The van der Waals surface area contributed by atoms with Crippen molar-refractivity contribution >= 4 is 5.91 Å². The van der Waals surface area contributed by atoms with Gasteiger partial charge in [0.25, 0.3) is 0 Å². The second kappa shape index (κ2) is 7.06. The Morgan fingerprint density at radius 1 is 0.893 bits per heavy atom. The Morgan fingerprint density at radius 3 is 2.00 bits per heavy atom. The summed E-state index contributed by atoms with van der Waals surface area (Å²) in [7, 11) is 0. The minimum absolute atomic E-state index is 0.177.